The number of rotatable bonds is 2. The van der Waals surface area contributed by atoms with Crippen molar-refractivity contribution < 1.29 is 8.78 Å². The Labute approximate surface area is 117 Å². The first kappa shape index (κ1) is 13.0. The summed E-state index contributed by atoms with van der Waals surface area (Å²) in [5.74, 6) is -0.171. The molecule has 3 heteroatoms. The molecule has 0 spiro atoms. The zero-order valence-corrected chi connectivity index (χ0v) is 11.4. The molecule has 0 radical (unpaired) electrons. The van der Waals surface area contributed by atoms with Crippen molar-refractivity contribution in [2.45, 2.75) is 19.8 Å². The van der Waals surface area contributed by atoms with Gasteiger partial charge in [0.25, 0.3) is 0 Å². The Morgan fingerprint density at radius 2 is 1.60 bits per heavy atom. The maximum Gasteiger partial charge on any atom is 0.123 e. The molecule has 20 heavy (non-hydrogen) atoms. The molecule has 0 bridgehead atoms. The molecule has 1 aliphatic rings. The Morgan fingerprint density at radius 1 is 0.950 bits per heavy atom. The molecule has 0 N–H and O–H groups in total. The molecule has 0 saturated heterocycles. The topological polar surface area (TPSA) is 12.4 Å². The highest BCUT2D eigenvalue weighted by Crippen LogP contribution is 2.41. The lowest BCUT2D eigenvalue weighted by molar-refractivity contribution is 0.596. The summed E-state index contributed by atoms with van der Waals surface area (Å²) in [6, 6.07) is 11.0. The summed E-state index contributed by atoms with van der Waals surface area (Å²) < 4.78 is 26.5. The molecule has 1 heterocycles. The molecule has 1 aliphatic heterocycles. The number of hydrogen-bond donors (Lipinski definition) is 0. The number of hydrogen-bond acceptors (Lipinski definition) is 1. The SMILES string of the molecule is CC(C)C1C(c2ccc(F)cc2)=Nc2ccc(F)cc21. The average molecular weight is 271 g/mol. The van der Waals surface area contributed by atoms with Crippen LogP contribution in [0.3, 0.4) is 0 Å². The van der Waals surface area contributed by atoms with Crippen LogP contribution in [-0.2, 0) is 0 Å². The Kier molecular flexibility index (Phi) is 3.13. The zero-order chi connectivity index (χ0) is 14.3. The quantitative estimate of drug-likeness (QED) is 0.741. The van der Waals surface area contributed by atoms with Gasteiger partial charge in [0, 0.05) is 5.92 Å². The lowest BCUT2D eigenvalue weighted by Gasteiger charge is -2.19. The molecule has 0 fully saturated rings. The Morgan fingerprint density at radius 3 is 2.25 bits per heavy atom. The van der Waals surface area contributed by atoms with Crippen molar-refractivity contribution in [2.75, 3.05) is 0 Å². The molecule has 0 aliphatic carbocycles. The van der Waals surface area contributed by atoms with Crippen molar-refractivity contribution in [3.63, 3.8) is 0 Å². The van der Waals surface area contributed by atoms with Crippen molar-refractivity contribution >= 4 is 11.4 Å². The van der Waals surface area contributed by atoms with E-state index in [-0.39, 0.29) is 17.6 Å². The second-order valence-electron chi connectivity index (χ2n) is 5.43. The molecule has 0 aromatic heterocycles. The first-order valence-electron chi connectivity index (χ1n) is 6.70. The van der Waals surface area contributed by atoms with Gasteiger partial charge in [0.15, 0.2) is 0 Å². The number of aliphatic imine (C=N–C) groups is 1. The maximum absolute atomic E-state index is 13.5. The van der Waals surface area contributed by atoms with Crippen LogP contribution in [0.5, 0.6) is 0 Å². The van der Waals surface area contributed by atoms with Gasteiger partial charge in [0.2, 0.25) is 0 Å². The zero-order valence-electron chi connectivity index (χ0n) is 11.4. The van der Waals surface area contributed by atoms with E-state index in [9.17, 15) is 8.78 Å². The van der Waals surface area contributed by atoms with Crippen LogP contribution in [-0.4, -0.2) is 5.71 Å². The summed E-state index contributed by atoms with van der Waals surface area (Å²) in [6.45, 7) is 4.17. The molecule has 1 atom stereocenters. The molecular formula is C17H15F2N. The maximum atomic E-state index is 13.5. The van der Waals surface area contributed by atoms with E-state index in [1.165, 1.54) is 18.2 Å². The van der Waals surface area contributed by atoms with Crippen molar-refractivity contribution in [3.05, 3.63) is 65.2 Å². The average Bonchev–Trinajstić information content (AvgIpc) is 2.78. The van der Waals surface area contributed by atoms with E-state index >= 15 is 0 Å². The summed E-state index contributed by atoms with van der Waals surface area (Å²) in [5.41, 5.74) is 3.51. The largest absolute Gasteiger partial charge is 0.252 e. The number of fused-ring (bicyclic) bond motifs is 1. The van der Waals surface area contributed by atoms with Crippen LogP contribution in [0.25, 0.3) is 0 Å². The monoisotopic (exact) mass is 271 g/mol. The Balaban J connectivity index is 2.10. The summed E-state index contributed by atoms with van der Waals surface area (Å²) in [4.78, 5) is 4.62. The fraction of sp³-hybridized carbons (Fsp3) is 0.235. The molecule has 102 valence electrons. The van der Waals surface area contributed by atoms with Crippen LogP contribution < -0.4 is 0 Å². The van der Waals surface area contributed by atoms with Gasteiger partial charge in [-0.3, -0.25) is 4.99 Å². The second-order valence-corrected chi connectivity index (χ2v) is 5.43. The highest BCUT2D eigenvalue weighted by atomic mass is 19.1. The van der Waals surface area contributed by atoms with E-state index in [1.54, 1.807) is 24.3 Å². The summed E-state index contributed by atoms with van der Waals surface area (Å²) in [6.07, 6.45) is 0. The van der Waals surface area contributed by atoms with E-state index < -0.39 is 0 Å². The third-order valence-electron chi connectivity index (χ3n) is 3.67. The predicted molar refractivity (Wildman–Crippen MR) is 76.6 cm³/mol. The van der Waals surface area contributed by atoms with Crippen molar-refractivity contribution in [2.24, 2.45) is 10.9 Å². The van der Waals surface area contributed by atoms with Crippen LogP contribution in [0.4, 0.5) is 14.5 Å². The summed E-state index contributed by atoms with van der Waals surface area (Å²) in [5, 5.41) is 0. The molecule has 2 aromatic carbocycles. The molecule has 1 unspecified atom stereocenters. The first-order chi connectivity index (χ1) is 9.56. The molecule has 2 aromatic rings. The minimum absolute atomic E-state index is 0.0474. The van der Waals surface area contributed by atoms with E-state index in [1.807, 2.05) is 0 Å². The van der Waals surface area contributed by atoms with Crippen LogP contribution in [0.15, 0.2) is 47.5 Å². The third-order valence-corrected chi connectivity index (χ3v) is 3.67. The first-order valence-corrected chi connectivity index (χ1v) is 6.70. The van der Waals surface area contributed by atoms with Gasteiger partial charge >= 0.3 is 0 Å². The molecule has 0 saturated carbocycles. The molecule has 0 amide bonds. The van der Waals surface area contributed by atoms with Gasteiger partial charge in [-0.15, -0.1) is 0 Å². The highest BCUT2D eigenvalue weighted by molar-refractivity contribution is 6.09. The van der Waals surface area contributed by atoms with E-state index in [0.717, 1.165) is 22.5 Å². The summed E-state index contributed by atoms with van der Waals surface area (Å²) in [7, 11) is 0. The highest BCUT2D eigenvalue weighted by Gasteiger charge is 2.30. The predicted octanol–water partition coefficient (Wildman–Crippen LogP) is 4.84. The van der Waals surface area contributed by atoms with Crippen LogP contribution in [0.2, 0.25) is 0 Å². The summed E-state index contributed by atoms with van der Waals surface area (Å²) >= 11 is 0. The van der Waals surface area contributed by atoms with Crippen molar-refractivity contribution in [1.82, 2.24) is 0 Å². The van der Waals surface area contributed by atoms with E-state index in [4.69, 9.17) is 0 Å². The fourth-order valence-corrected chi connectivity index (χ4v) is 2.76. The van der Waals surface area contributed by atoms with Crippen molar-refractivity contribution in [3.8, 4) is 0 Å². The smallest absolute Gasteiger partial charge is 0.123 e. The van der Waals surface area contributed by atoms with Gasteiger partial charge in [-0.1, -0.05) is 26.0 Å². The van der Waals surface area contributed by atoms with Gasteiger partial charge in [-0.2, -0.15) is 0 Å². The molecule has 1 nitrogen and oxygen atoms in total. The number of nitrogens with zero attached hydrogens (tertiary/aromatic N) is 1. The number of halogens is 2. The normalized spacial score (nSPS) is 17.2. The second kappa shape index (κ2) is 4.82. The van der Waals surface area contributed by atoms with Crippen LogP contribution in [0.1, 0.15) is 30.9 Å². The lowest BCUT2D eigenvalue weighted by Crippen LogP contribution is -2.16. The van der Waals surface area contributed by atoms with Crippen LogP contribution in [0, 0.1) is 17.6 Å². The van der Waals surface area contributed by atoms with Gasteiger partial charge in [0.1, 0.15) is 11.6 Å². The van der Waals surface area contributed by atoms with Crippen LogP contribution >= 0.6 is 0 Å². The Bertz CT molecular complexity index is 672. The van der Waals surface area contributed by atoms with E-state index in [2.05, 4.69) is 18.8 Å². The van der Waals surface area contributed by atoms with Gasteiger partial charge in [-0.25, -0.2) is 8.78 Å². The molecular weight excluding hydrogens is 256 g/mol. The lowest BCUT2D eigenvalue weighted by atomic mass is 9.83. The van der Waals surface area contributed by atoms with Crippen molar-refractivity contribution in [1.29, 1.82) is 0 Å². The fourth-order valence-electron chi connectivity index (χ4n) is 2.76. The minimum Gasteiger partial charge on any atom is -0.252 e. The number of benzene rings is 2. The molecule has 3 rings (SSSR count). The van der Waals surface area contributed by atoms with Gasteiger partial charge in [-0.05, 0) is 47.4 Å². The van der Waals surface area contributed by atoms with E-state index in [0.29, 0.717) is 5.92 Å². The third kappa shape index (κ3) is 2.13. The van der Waals surface area contributed by atoms with Gasteiger partial charge < -0.3 is 0 Å². The van der Waals surface area contributed by atoms with Gasteiger partial charge in [0.05, 0.1) is 11.4 Å². The standard InChI is InChI=1S/C17H15F2N/c1-10(2)16-14-9-13(19)7-8-15(14)20-17(16)11-3-5-12(18)6-4-11/h3-10,16H,1-2H3. The minimum atomic E-state index is -0.267. The Hall–Kier alpha value is -2.03.